The molecule has 1 heterocycles. The van der Waals surface area contributed by atoms with Crippen LogP contribution in [0.2, 0.25) is 0 Å². The van der Waals surface area contributed by atoms with Crippen molar-refractivity contribution < 1.29 is 0 Å². The lowest BCUT2D eigenvalue weighted by molar-refractivity contribution is 0.461. The largest absolute Gasteiger partial charge is 0.284 e. The molecule has 2 heteroatoms. The van der Waals surface area contributed by atoms with Crippen LogP contribution in [-0.2, 0) is 0 Å². The first-order valence-corrected chi connectivity index (χ1v) is 3.48. The van der Waals surface area contributed by atoms with Gasteiger partial charge in [-0.2, -0.15) is 0 Å². The van der Waals surface area contributed by atoms with E-state index in [9.17, 15) is 0 Å². The van der Waals surface area contributed by atoms with Crippen molar-refractivity contribution in [3.63, 3.8) is 0 Å². The lowest BCUT2D eigenvalue weighted by atomic mass is 10.2. The molecule has 0 radical (unpaired) electrons. The molecule has 11 heavy (non-hydrogen) atoms. The van der Waals surface area contributed by atoms with Crippen molar-refractivity contribution in [3.05, 3.63) is 48.4 Å². The molecule has 0 atom stereocenters. The Labute approximate surface area is 67.0 Å². The summed E-state index contributed by atoms with van der Waals surface area (Å²) >= 11 is 0. The molecule has 2 nitrogen and oxygen atoms in total. The molecule has 0 aromatic heterocycles. The average molecular weight is 148 g/mol. The molecule has 1 aliphatic heterocycles. The molecule has 0 fully saturated rings. The van der Waals surface area contributed by atoms with Crippen molar-refractivity contribution in [2.45, 2.75) is 6.92 Å². The summed E-state index contributed by atoms with van der Waals surface area (Å²) in [6, 6.07) is 0. The number of nitrogens with zero attached hydrogens (tertiary/aromatic N) is 1. The quantitative estimate of drug-likeness (QED) is 0.573. The van der Waals surface area contributed by atoms with Gasteiger partial charge in [0.15, 0.2) is 0 Å². The van der Waals surface area contributed by atoms with Crippen LogP contribution in [0.3, 0.4) is 0 Å². The van der Waals surface area contributed by atoms with E-state index in [0.717, 1.165) is 11.4 Å². The zero-order valence-corrected chi connectivity index (χ0v) is 6.62. The van der Waals surface area contributed by atoms with Crippen molar-refractivity contribution >= 4 is 0 Å². The molecule has 0 aromatic carbocycles. The number of hydrogen-bond acceptors (Lipinski definition) is 2. The van der Waals surface area contributed by atoms with Crippen molar-refractivity contribution in [1.29, 1.82) is 0 Å². The standard InChI is InChI=1S/C9H12N2/c1-3-5-9-7-4-6-8(2)11(9)10/h3-7H,1,10H2,2H3/b9-5-. The van der Waals surface area contributed by atoms with E-state index in [1.54, 1.807) is 11.1 Å². The highest BCUT2D eigenvalue weighted by atomic mass is 15.4. The first-order chi connectivity index (χ1) is 5.25. The Balaban J connectivity index is 2.89. The SMILES string of the molecule is C=C/C=C1/C=CC=C(C)N1N. The summed E-state index contributed by atoms with van der Waals surface area (Å²) in [7, 11) is 0. The van der Waals surface area contributed by atoms with Gasteiger partial charge in [0.1, 0.15) is 0 Å². The summed E-state index contributed by atoms with van der Waals surface area (Å²) in [4.78, 5) is 0. The molecule has 2 N–H and O–H groups in total. The fourth-order valence-corrected chi connectivity index (χ4v) is 0.907. The Morgan fingerprint density at radius 2 is 2.36 bits per heavy atom. The minimum atomic E-state index is 0.958. The Morgan fingerprint density at radius 3 is 3.00 bits per heavy atom. The van der Waals surface area contributed by atoms with Crippen molar-refractivity contribution in [3.8, 4) is 0 Å². The minimum Gasteiger partial charge on any atom is -0.284 e. The highest BCUT2D eigenvalue weighted by Crippen LogP contribution is 2.13. The Hall–Kier alpha value is -1.28. The molecule has 1 aliphatic rings. The van der Waals surface area contributed by atoms with E-state index in [0.29, 0.717) is 0 Å². The van der Waals surface area contributed by atoms with Crippen LogP contribution in [0.1, 0.15) is 6.92 Å². The van der Waals surface area contributed by atoms with Crippen LogP contribution in [0.5, 0.6) is 0 Å². The van der Waals surface area contributed by atoms with Crippen LogP contribution in [0.15, 0.2) is 48.4 Å². The molecular weight excluding hydrogens is 136 g/mol. The number of hydrogen-bond donors (Lipinski definition) is 1. The summed E-state index contributed by atoms with van der Waals surface area (Å²) in [6.07, 6.45) is 9.45. The molecule has 0 amide bonds. The van der Waals surface area contributed by atoms with E-state index in [4.69, 9.17) is 5.84 Å². The number of rotatable bonds is 1. The first-order valence-electron chi connectivity index (χ1n) is 3.48. The molecule has 0 bridgehead atoms. The fourth-order valence-electron chi connectivity index (χ4n) is 0.907. The van der Waals surface area contributed by atoms with E-state index < -0.39 is 0 Å². The van der Waals surface area contributed by atoms with E-state index in [1.165, 1.54) is 0 Å². The Kier molecular flexibility index (Phi) is 2.28. The minimum absolute atomic E-state index is 0.958. The summed E-state index contributed by atoms with van der Waals surface area (Å²) in [5.41, 5.74) is 1.99. The zero-order chi connectivity index (χ0) is 8.27. The number of nitrogens with two attached hydrogens (primary N) is 1. The van der Waals surface area contributed by atoms with Crippen molar-refractivity contribution in [2.24, 2.45) is 5.84 Å². The molecular formula is C9H12N2. The van der Waals surface area contributed by atoms with Gasteiger partial charge >= 0.3 is 0 Å². The highest BCUT2D eigenvalue weighted by Gasteiger charge is 2.05. The first kappa shape index (κ1) is 7.82. The molecule has 0 saturated heterocycles. The Bertz CT molecular complexity index is 246. The number of hydrazine groups is 1. The second kappa shape index (κ2) is 3.21. The molecule has 0 saturated carbocycles. The molecule has 58 valence electrons. The third-order valence-electron chi connectivity index (χ3n) is 1.55. The van der Waals surface area contributed by atoms with Gasteiger partial charge in [0, 0.05) is 5.70 Å². The summed E-state index contributed by atoms with van der Waals surface area (Å²) < 4.78 is 0. The van der Waals surface area contributed by atoms with Crippen LogP contribution in [0.4, 0.5) is 0 Å². The highest BCUT2D eigenvalue weighted by molar-refractivity contribution is 5.32. The topological polar surface area (TPSA) is 29.3 Å². The summed E-state index contributed by atoms with van der Waals surface area (Å²) in [5.74, 6) is 5.71. The second-order valence-corrected chi connectivity index (χ2v) is 2.36. The predicted molar refractivity (Wildman–Crippen MR) is 47.2 cm³/mol. The monoisotopic (exact) mass is 148 g/mol. The summed E-state index contributed by atoms with van der Waals surface area (Å²) in [5, 5.41) is 1.63. The van der Waals surface area contributed by atoms with Gasteiger partial charge in [-0.15, -0.1) is 0 Å². The lowest BCUT2D eigenvalue weighted by Gasteiger charge is -2.22. The maximum absolute atomic E-state index is 5.71. The van der Waals surface area contributed by atoms with Gasteiger partial charge < -0.3 is 0 Å². The molecule has 1 rings (SSSR count). The fraction of sp³-hybridized carbons (Fsp3) is 0.111. The molecule has 0 aromatic rings. The van der Waals surface area contributed by atoms with E-state index in [1.807, 2.05) is 31.2 Å². The van der Waals surface area contributed by atoms with Crippen LogP contribution in [0, 0.1) is 0 Å². The van der Waals surface area contributed by atoms with Crippen LogP contribution < -0.4 is 5.84 Å². The second-order valence-electron chi connectivity index (χ2n) is 2.36. The van der Waals surface area contributed by atoms with Gasteiger partial charge in [-0.1, -0.05) is 18.7 Å². The third kappa shape index (κ3) is 1.59. The number of allylic oxidation sites excluding steroid dienone is 6. The maximum atomic E-state index is 5.71. The van der Waals surface area contributed by atoms with Crippen LogP contribution in [0.25, 0.3) is 0 Å². The van der Waals surface area contributed by atoms with Gasteiger partial charge in [-0.3, -0.25) is 5.01 Å². The van der Waals surface area contributed by atoms with Crippen LogP contribution in [-0.4, -0.2) is 5.01 Å². The summed E-state index contributed by atoms with van der Waals surface area (Å²) in [6.45, 7) is 5.56. The van der Waals surface area contributed by atoms with Crippen molar-refractivity contribution in [1.82, 2.24) is 5.01 Å². The average Bonchev–Trinajstić information content (AvgIpc) is 1.99. The van der Waals surface area contributed by atoms with E-state index >= 15 is 0 Å². The zero-order valence-electron chi connectivity index (χ0n) is 6.62. The van der Waals surface area contributed by atoms with Gasteiger partial charge in [-0.25, -0.2) is 5.84 Å². The third-order valence-corrected chi connectivity index (χ3v) is 1.55. The van der Waals surface area contributed by atoms with Gasteiger partial charge in [0.2, 0.25) is 0 Å². The maximum Gasteiger partial charge on any atom is 0.0571 e. The van der Waals surface area contributed by atoms with E-state index in [2.05, 4.69) is 6.58 Å². The van der Waals surface area contributed by atoms with E-state index in [-0.39, 0.29) is 0 Å². The van der Waals surface area contributed by atoms with Gasteiger partial charge in [0.05, 0.1) is 5.70 Å². The van der Waals surface area contributed by atoms with Crippen molar-refractivity contribution in [2.75, 3.05) is 0 Å². The van der Waals surface area contributed by atoms with Gasteiger partial charge in [-0.05, 0) is 25.2 Å². The smallest absolute Gasteiger partial charge is 0.0571 e. The molecule has 0 unspecified atom stereocenters. The predicted octanol–water partition coefficient (Wildman–Crippen LogP) is 1.71. The Morgan fingerprint density at radius 1 is 1.64 bits per heavy atom. The lowest BCUT2D eigenvalue weighted by Crippen LogP contribution is -2.28. The van der Waals surface area contributed by atoms with Crippen LogP contribution >= 0.6 is 0 Å². The molecule has 0 spiro atoms. The molecule has 0 aliphatic carbocycles. The normalized spacial score (nSPS) is 20.4. The van der Waals surface area contributed by atoms with Gasteiger partial charge in [0.25, 0.3) is 0 Å².